The van der Waals surface area contributed by atoms with Crippen molar-refractivity contribution < 1.29 is 4.79 Å². The Hall–Kier alpha value is -1.55. The number of para-hydroxylation sites is 1. The topological polar surface area (TPSA) is 67.2 Å². The molecule has 17 heavy (non-hydrogen) atoms. The van der Waals surface area contributed by atoms with Crippen LogP contribution in [0.15, 0.2) is 24.3 Å². The number of nitrogens with two attached hydrogens (primary N) is 1. The van der Waals surface area contributed by atoms with Crippen molar-refractivity contribution in [1.82, 2.24) is 10.6 Å². The largest absolute Gasteiger partial charge is 0.398 e. The number of hydrogen-bond acceptors (Lipinski definition) is 3. The van der Waals surface area contributed by atoms with Crippen molar-refractivity contribution in [3.63, 3.8) is 0 Å². The molecular formula is C13H21N3O. The summed E-state index contributed by atoms with van der Waals surface area (Å²) in [5.41, 5.74) is 7.57. The third kappa shape index (κ3) is 5.36. The van der Waals surface area contributed by atoms with E-state index in [0.717, 1.165) is 11.3 Å². The van der Waals surface area contributed by atoms with E-state index in [1.165, 1.54) is 0 Å². The molecule has 4 nitrogen and oxygen atoms in total. The van der Waals surface area contributed by atoms with E-state index >= 15 is 0 Å². The van der Waals surface area contributed by atoms with Crippen LogP contribution < -0.4 is 16.4 Å². The van der Waals surface area contributed by atoms with Gasteiger partial charge >= 0.3 is 0 Å². The zero-order valence-electron chi connectivity index (χ0n) is 10.5. The summed E-state index contributed by atoms with van der Waals surface area (Å²) in [7, 11) is 0. The molecule has 0 aromatic heterocycles. The summed E-state index contributed by atoms with van der Waals surface area (Å²) in [5, 5.41) is 5.92. The average molecular weight is 235 g/mol. The van der Waals surface area contributed by atoms with Crippen molar-refractivity contribution in [2.24, 2.45) is 5.92 Å². The molecule has 0 aliphatic carbocycles. The number of nitrogen functional groups attached to an aromatic ring is 1. The van der Waals surface area contributed by atoms with Gasteiger partial charge in [-0.1, -0.05) is 32.0 Å². The molecule has 0 aliphatic rings. The Morgan fingerprint density at radius 1 is 1.35 bits per heavy atom. The highest BCUT2D eigenvalue weighted by Crippen LogP contribution is 2.09. The number of amides is 1. The molecule has 4 N–H and O–H groups in total. The zero-order valence-corrected chi connectivity index (χ0v) is 10.5. The maximum absolute atomic E-state index is 11.4. The Morgan fingerprint density at radius 2 is 2.06 bits per heavy atom. The van der Waals surface area contributed by atoms with Crippen molar-refractivity contribution in [1.29, 1.82) is 0 Å². The molecule has 94 valence electrons. The molecule has 0 spiro atoms. The molecule has 0 saturated carbocycles. The highest BCUT2D eigenvalue weighted by molar-refractivity contribution is 5.77. The molecule has 0 fully saturated rings. The maximum atomic E-state index is 11.4. The van der Waals surface area contributed by atoms with E-state index in [1.54, 1.807) is 0 Å². The van der Waals surface area contributed by atoms with Gasteiger partial charge in [0.2, 0.25) is 5.91 Å². The SMILES string of the molecule is CC(C)CNC(=O)CNCc1ccccc1N. The number of carbonyl (C=O) groups is 1. The summed E-state index contributed by atoms with van der Waals surface area (Å²) in [5.74, 6) is 0.497. The van der Waals surface area contributed by atoms with E-state index in [2.05, 4.69) is 24.5 Å². The second-order valence-corrected chi connectivity index (χ2v) is 4.50. The average Bonchev–Trinajstić information content (AvgIpc) is 2.29. The Morgan fingerprint density at radius 3 is 2.71 bits per heavy atom. The minimum absolute atomic E-state index is 0.0215. The number of rotatable bonds is 6. The van der Waals surface area contributed by atoms with Crippen LogP contribution in [-0.2, 0) is 11.3 Å². The summed E-state index contributed by atoms with van der Waals surface area (Å²) < 4.78 is 0. The molecule has 1 amide bonds. The first-order chi connectivity index (χ1) is 8.09. The first kappa shape index (κ1) is 13.5. The predicted octanol–water partition coefficient (Wildman–Crippen LogP) is 1.13. The molecule has 0 aliphatic heterocycles. The summed E-state index contributed by atoms with van der Waals surface area (Å²) in [6.07, 6.45) is 0. The Balaban J connectivity index is 2.24. The van der Waals surface area contributed by atoms with Gasteiger partial charge in [0, 0.05) is 18.8 Å². The van der Waals surface area contributed by atoms with Crippen LogP contribution in [0.1, 0.15) is 19.4 Å². The first-order valence-corrected chi connectivity index (χ1v) is 5.90. The first-order valence-electron chi connectivity index (χ1n) is 5.90. The van der Waals surface area contributed by atoms with Crippen LogP contribution in [0.2, 0.25) is 0 Å². The van der Waals surface area contributed by atoms with Crippen LogP contribution in [0, 0.1) is 5.92 Å². The van der Waals surface area contributed by atoms with E-state index in [0.29, 0.717) is 25.6 Å². The van der Waals surface area contributed by atoms with Gasteiger partial charge < -0.3 is 16.4 Å². The van der Waals surface area contributed by atoms with Gasteiger partial charge in [0.15, 0.2) is 0 Å². The number of hydrogen-bond donors (Lipinski definition) is 3. The van der Waals surface area contributed by atoms with Crippen LogP contribution >= 0.6 is 0 Å². The zero-order chi connectivity index (χ0) is 12.7. The van der Waals surface area contributed by atoms with Crippen molar-refractivity contribution in [3.8, 4) is 0 Å². The monoisotopic (exact) mass is 235 g/mol. The lowest BCUT2D eigenvalue weighted by atomic mass is 10.2. The summed E-state index contributed by atoms with van der Waals surface area (Å²) in [6.45, 7) is 5.79. The molecule has 0 bridgehead atoms. The fourth-order valence-corrected chi connectivity index (χ4v) is 1.39. The number of carbonyl (C=O) groups excluding carboxylic acids is 1. The molecule has 0 heterocycles. The molecule has 0 atom stereocenters. The van der Waals surface area contributed by atoms with Crippen LogP contribution in [0.3, 0.4) is 0 Å². The van der Waals surface area contributed by atoms with Gasteiger partial charge in [0.25, 0.3) is 0 Å². The van der Waals surface area contributed by atoms with E-state index in [4.69, 9.17) is 5.73 Å². The Bertz CT molecular complexity index is 363. The minimum Gasteiger partial charge on any atom is -0.398 e. The van der Waals surface area contributed by atoms with Crippen molar-refractivity contribution in [2.75, 3.05) is 18.8 Å². The van der Waals surface area contributed by atoms with Gasteiger partial charge in [0.05, 0.1) is 6.54 Å². The Labute approximate surface area is 103 Å². The molecule has 1 rings (SSSR count). The second kappa shape index (κ2) is 6.91. The van der Waals surface area contributed by atoms with Crippen molar-refractivity contribution >= 4 is 11.6 Å². The highest BCUT2D eigenvalue weighted by atomic mass is 16.1. The van der Waals surface area contributed by atoms with Gasteiger partial charge in [0.1, 0.15) is 0 Å². The van der Waals surface area contributed by atoms with Gasteiger partial charge in [-0.2, -0.15) is 0 Å². The lowest BCUT2D eigenvalue weighted by Gasteiger charge is -2.09. The quantitative estimate of drug-likeness (QED) is 0.648. The van der Waals surface area contributed by atoms with E-state index in [1.807, 2.05) is 24.3 Å². The molecule has 1 aromatic carbocycles. The summed E-state index contributed by atoms with van der Waals surface area (Å²) >= 11 is 0. The third-order valence-electron chi connectivity index (χ3n) is 2.36. The highest BCUT2D eigenvalue weighted by Gasteiger charge is 2.02. The molecule has 0 unspecified atom stereocenters. The summed E-state index contributed by atoms with van der Waals surface area (Å²) in [6, 6.07) is 7.64. The van der Waals surface area contributed by atoms with Gasteiger partial charge in [-0.15, -0.1) is 0 Å². The third-order valence-corrected chi connectivity index (χ3v) is 2.36. The molecule has 1 aromatic rings. The fraction of sp³-hybridized carbons (Fsp3) is 0.462. The van der Waals surface area contributed by atoms with Crippen LogP contribution in [0.25, 0.3) is 0 Å². The van der Waals surface area contributed by atoms with Crippen molar-refractivity contribution in [2.45, 2.75) is 20.4 Å². The number of anilines is 1. The fourth-order valence-electron chi connectivity index (χ4n) is 1.39. The standard InChI is InChI=1S/C13H21N3O/c1-10(2)7-16-13(17)9-15-8-11-5-3-4-6-12(11)14/h3-6,10,15H,7-9,14H2,1-2H3,(H,16,17). The lowest BCUT2D eigenvalue weighted by Crippen LogP contribution is -2.35. The van der Waals surface area contributed by atoms with Crippen LogP contribution in [0.5, 0.6) is 0 Å². The van der Waals surface area contributed by atoms with Gasteiger partial charge in [-0.05, 0) is 17.5 Å². The molecular weight excluding hydrogens is 214 g/mol. The lowest BCUT2D eigenvalue weighted by molar-refractivity contribution is -0.120. The van der Waals surface area contributed by atoms with Gasteiger partial charge in [-0.3, -0.25) is 4.79 Å². The molecule has 0 radical (unpaired) electrons. The van der Waals surface area contributed by atoms with E-state index in [-0.39, 0.29) is 5.91 Å². The normalized spacial score (nSPS) is 10.5. The number of nitrogens with one attached hydrogen (secondary N) is 2. The second-order valence-electron chi connectivity index (χ2n) is 4.50. The molecule has 0 saturated heterocycles. The maximum Gasteiger partial charge on any atom is 0.233 e. The number of benzene rings is 1. The predicted molar refractivity (Wildman–Crippen MR) is 70.4 cm³/mol. The summed E-state index contributed by atoms with van der Waals surface area (Å²) in [4.78, 5) is 11.4. The van der Waals surface area contributed by atoms with Crippen molar-refractivity contribution in [3.05, 3.63) is 29.8 Å². The minimum atomic E-state index is 0.0215. The van der Waals surface area contributed by atoms with Gasteiger partial charge in [-0.25, -0.2) is 0 Å². The van der Waals surface area contributed by atoms with E-state index in [9.17, 15) is 4.79 Å². The van der Waals surface area contributed by atoms with Crippen LogP contribution in [-0.4, -0.2) is 19.0 Å². The molecule has 4 heteroatoms. The van der Waals surface area contributed by atoms with E-state index < -0.39 is 0 Å². The Kier molecular flexibility index (Phi) is 5.49. The smallest absolute Gasteiger partial charge is 0.233 e. The van der Waals surface area contributed by atoms with Crippen LogP contribution in [0.4, 0.5) is 5.69 Å².